The zero-order valence-corrected chi connectivity index (χ0v) is 12.4. The first-order valence-electron chi connectivity index (χ1n) is 6.87. The number of amides is 2. The maximum Gasteiger partial charge on any atom is 0.406 e. The van der Waals surface area contributed by atoms with Gasteiger partial charge in [-0.3, -0.25) is 14.5 Å². The number of aliphatic hydroxyl groups is 1. The minimum Gasteiger partial charge on any atom is -0.486 e. The van der Waals surface area contributed by atoms with E-state index in [9.17, 15) is 27.2 Å². The van der Waals surface area contributed by atoms with Gasteiger partial charge in [-0.25, -0.2) is 4.39 Å². The van der Waals surface area contributed by atoms with E-state index in [-0.39, 0.29) is 11.4 Å². The molecule has 0 fully saturated rings. The molecule has 2 rings (SSSR count). The Morgan fingerprint density at radius 2 is 2.08 bits per heavy atom. The third-order valence-electron chi connectivity index (χ3n) is 3.32. The van der Waals surface area contributed by atoms with Crippen molar-refractivity contribution >= 4 is 17.5 Å². The average Bonchev–Trinajstić information content (AvgIpc) is 2.57. The minimum absolute atomic E-state index is 0.123. The predicted octanol–water partition coefficient (Wildman–Crippen LogP) is 0.979. The van der Waals surface area contributed by atoms with Crippen molar-refractivity contribution in [2.75, 3.05) is 18.1 Å². The summed E-state index contributed by atoms with van der Waals surface area (Å²) in [6.45, 7) is -1.26. The lowest BCUT2D eigenvalue weighted by Crippen LogP contribution is -2.55. The molecule has 0 spiro atoms. The van der Waals surface area contributed by atoms with Crippen molar-refractivity contribution in [1.29, 1.82) is 0 Å². The monoisotopic (exact) mass is 350 g/mol. The van der Waals surface area contributed by atoms with Gasteiger partial charge in [0.05, 0.1) is 5.69 Å². The molecule has 132 valence electrons. The summed E-state index contributed by atoms with van der Waals surface area (Å²) in [4.78, 5) is 24.1. The van der Waals surface area contributed by atoms with Crippen molar-refractivity contribution in [2.45, 2.75) is 25.2 Å². The van der Waals surface area contributed by atoms with Gasteiger partial charge in [0.2, 0.25) is 5.91 Å². The molecule has 2 N–H and O–H groups in total. The molecule has 2 amide bonds. The lowest BCUT2D eigenvalue weighted by atomic mass is 10.1. The Kier molecular flexibility index (Phi) is 4.97. The maximum absolute atomic E-state index is 13.4. The molecule has 0 radical (unpaired) electrons. The molecule has 1 aliphatic heterocycles. The Labute approximate surface area is 134 Å². The Morgan fingerprint density at radius 3 is 2.67 bits per heavy atom. The van der Waals surface area contributed by atoms with Crippen LogP contribution in [0.5, 0.6) is 5.75 Å². The van der Waals surface area contributed by atoms with E-state index in [1.54, 1.807) is 0 Å². The third kappa shape index (κ3) is 3.94. The van der Waals surface area contributed by atoms with E-state index in [0.717, 1.165) is 18.2 Å². The van der Waals surface area contributed by atoms with Gasteiger partial charge in [0.25, 0.3) is 5.91 Å². The van der Waals surface area contributed by atoms with Gasteiger partial charge in [0, 0.05) is 6.07 Å². The number of aliphatic hydroxyl groups excluding tert-OH is 1. The van der Waals surface area contributed by atoms with Gasteiger partial charge in [-0.2, -0.15) is 13.2 Å². The second-order valence-corrected chi connectivity index (χ2v) is 5.18. The fraction of sp³-hybridized carbons (Fsp3) is 0.429. The van der Waals surface area contributed by atoms with Gasteiger partial charge in [-0.1, -0.05) is 0 Å². The normalized spacial score (nSPS) is 20.9. The number of nitrogens with zero attached hydrogens (tertiary/aromatic N) is 1. The zero-order valence-electron chi connectivity index (χ0n) is 12.4. The van der Waals surface area contributed by atoms with Crippen LogP contribution >= 0.6 is 0 Å². The number of anilines is 1. The molecule has 0 saturated heterocycles. The van der Waals surface area contributed by atoms with Crippen molar-refractivity contribution in [3.63, 3.8) is 0 Å². The second-order valence-electron chi connectivity index (χ2n) is 5.18. The number of hydrogen-bond acceptors (Lipinski definition) is 4. The van der Waals surface area contributed by atoms with E-state index >= 15 is 0 Å². The fourth-order valence-electron chi connectivity index (χ4n) is 2.30. The van der Waals surface area contributed by atoms with E-state index in [1.165, 1.54) is 6.92 Å². The molecule has 0 bridgehead atoms. The standard InChI is InChI=1S/C14H14F4N2O4/c1-7-12(19-11(22)5-21)13(23)20(6-14(16,17)18)9-4-8(15)2-3-10(9)24-7/h2-4,7,12,21H,5-6H2,1H3,(H,19,22)/t7-,12+/m1/s1. The zero-order chi connectivity index (χ0) is 18.1. The Balaban J connectivity index is 2.48. The van der Waals surface area contributed by atoms with Crippen LogP contribution in [0, 0.1) is 5.82 Å². The van der Waals surface area contributed by atoms with Crippen molar-refractivity contribution in [2.24, 2.45) is 0 Å². The number of alkyl halides is 3. The largest absolute Gasteiger partial charge is 0.486 e. The highest BCUT2D eigenvalue weighted by molar-refractivity contribution is 6.01. The van der Waals surface area contributed by atoms with Crippen LogP contribution in [0.4, 0.5) is 23.2 Å². The van der Waals surface area contributed by atoms with Crippen LogP contribution in [0.3, 0.4) is 0 Å². The average molecular weight is 350 g/mol. The van der Waals surface area contributed by atoms with E-state index < -0.39 is 49.1 Å². The molecule has 1 aliphatic rings. The van der Waals surface area contributed by atoms with E-state index in [0.29, 0.717) is 4.90 Å². The molecule has 0 unspecified atom stereocenters. The Morgan fingerprint density at radius 1 is 1.42 bits per heavy atom. The van der Waals surface area contributed by atoms with E-state index in [1.807, 2.05) is 0 Å². The van der Waals surface area contributed by atoms with Crippen LogP contribution < -0.4 is 15.0 Å². The van der Waals surface area contributed by atoms with Gasteiger partial charge in [-0.05, 0) is 19.1 Å². The number of benzene rings is 1. The van der Waals surface area contributed by atoms with Crippen LogP contribution in [0.2, 0.25) is 0 Å². The van der Waals surface area contributed by atoms with Crippen LogP contribution in [0.15, 0.2) is 18.2 Å². The lowest BCUT2D eigenvalue weighted by molar-refractivity contribution is -0.136. The first kappa shape index (κ1) is 18.0. The van der Waals surface area contributed by atoms with Crippen LogP contribution in [-0.2, 0) is 9.59 Å². The molecule has 1 aromatic rings. The van der Waals surface area contributed by atoms with Crippen molar-refractivity contribution in [1.82, 2.24) is 5.32 Å². The number of fused-ring (bicyclic) bond motifs is 1. The van der Waals surface area contributed by atoms with E-state index in [2.05, 4.69) is 5.32 Å². The molecule has 0 saturated carbocycles. The van der Waals surface area contributed by atoms with Crippen molar-refractivity contribution in [3.05, 3.63) is 24.0 Å². The third-order valence-corrected chi connectivity index (χ3v) is 3.32. The number of nitrogens with one attached hydrogen (secondary N) is 1. The molecule has 0 aromatic heterocycles. The smallest absolute Gasteiger partial charge is 0.406 e. The minimum atomic E-state index is -4.75. The quantitative estimate of drug-likeness (QED) is 0.797. The summed E-state index contributed by atoms with van der Waals surface area (Å²) in [6.07, 6.45) is -5.78. The summed E-state index contributed by atoms with van der Waals surface area (Å²) >= 11 is 0. The molecule has 24 heavy (non-hydrogen) atoms. The van der Waals surface area contributed by atoms with Gasteiger partial charge < -0.3 is 15.2 Å². The molecule has 2 atom stereocenters. The number of halogens is 4. The second kappa shape index (κ2) is 6.63. The summed E-state index contributed by atoms with van der Waals surface area (Å²) in [7, 11) is 0. The number of hydrogen-bond donors (Lipinski definition) is 2. The highest BCUT2D eigenvalue weighted by Crippen LogP contribution is 2.35. The first-order chi connectivity index (χ1) is 11.1. The number of ether oxygens (including phenoxy) is 1. The Bertz CT molecular complexity index is 650. The van der Waals surface area contributed by atoms with Crippen LogP contribution in [0.25, 0.3) is 0 Å². The summed E-state index contributed by atoms with van der Waals surface area (Å²) in [6, 6.07) is 1.37. The predicted molar refractivity (Wildman–Crippen MR) is 73.9 cm³/mol. The first-order valence-corrected chi connectivity index (χ1v) is 6.87. The van der Waals surface area contributed by atoms with Gasteiger partial charge >= 0.3 is 6.18 Å². The molecular formula is C14H14F4N2O4. The molecule has 1 heterocycles. The van der Waals surface area contributed by atoms with Crippen LogP contribution in [-0.4, -0.2) is 48.4 Å². The SMILES string of the molecule is C[C@H]1Oc2ccc(F)cc2N(CC(F)(F)F)C(=O)[C@H]1NC(=O)CO. The van der Waals surface area contributed by atoms with Crippen molar-refractivity contribution in [3.8, 4) is 5.75 Å². The summed E-state index contributed by atoms with van der Waals surface area (Å²) < 4.78 is 57.3. The lowest BCUT2D eigenvalue weighted by Gasteiger charge is -2.26. The van der Waals surface area contributed by atoms with Crippen LogP contribution in [0.1, 0.15) is 6.92 Å². The van der Waals surface area contributed by atoms with Gasteiger partial charge in [0.1, 0.15) is 36.9 Å². The highest BCUT2D eigenvalue weighted by atomic mass is 19.4. The number of rotatable bonds is 3. The fourth-order valence-corrected chi connectivity index (χ4v) is 2.30. The summed E-state index contributed by atoms with van der Waals surface area (Å²) in [5.41, 5.74) is -0.384. The summed E-state index contributed by atoms with van der Waals surface area (Å²) in [5.74, 6) is -3.04. The van der Waals surface area contributed by atoms with Gasteiger partial charge in [-0.15, -0.1) is 0 Å². The highest BCUT2D eigenvalue weighted by Gasteiger charge is 2.42. The van der Waals surface area contributed by atoms with Gasteiger partial charge in [0.15, 0.2) is 0 Å². The molecule has 10 heteroatoms. The number of carbonyl (C=O) groups is 2. The molecular weight excluding hydrogens is 336 g/mol. The number of carbonyl (C=O) groups excluding carboxylic acids is 2. The molecule has 0 aliphatic carbocycles. The maximum atomic E-state index is 13.4. The van der Waals surface area contributed by atoms with Crippen molar-refractivity contribution < 1.29 is 37.0 Å². The molecule has 1 aromatic carbocycles. The summed E-state index contributed by atoms with van der Waals surface area (Å²) in [5, 5.41) is 10.9. The van der Waals surface area contributed by atoms with E-state index in [4.69, 9.17) is 9.84 Å². The Hall–Kier alpha value is -2.36. The topological polar surface area (TPSA) is 78.9 Å². The molecule has 6 nitrogen and oxygen atoms in total.